The number of benzene rings is 2. The number of rotatable bonds is 2. The van der Waals surface area contributed by atoms with E-state index in [0.29, 0.717) is 5.39 Å². The van der Waals surface area contributed by atoms with E-state index in [1.54, 1.807) is 0 Å². The van der Waals surface area contributed by atoms with Gasteiger partial charge in [-0.2, -0.15) is 26.3 Å². The van der Waals surface area contributed by atoms with E-state index in [-0.39, 0.29) is 16.8 Å². The Morgan fingerprint density at radius 3 is 2.07 bits per heavy atom. The van der Waals surface area contributed by atoms with Crippen molar-refractivity contribution in [2.24, 2.45) is 0 Å². The van der Waals surface area contributed by atoms with Crippen LogP contribution < -0.4 is 5.32 Å². The van der Waals surface area contributed by atoms with Crippen LogP contribution in [0.4, 0.5) is 32.0 Å². The van der Waals surface area contributed by atoms with E-state index in [1.807, 2.05) is 0 Å². The molecule has 3 aromatic rings. The van der Waals surface area contributed by atoms with Gasteiger partial charge >= 0.3 is 12.4 Å². The van der Waals surface area contributed by atoms with Crippen molar-refractivity contribution in [2.45, 2.75) is 12.4 Å². The molecule has 27 heavy (non-hydrogen) atoms. The van der Waals surface area contributed by atoms with Gasteiger partial charge in [-0.1, -0.05) is 18.2 Å². The highest BCUT2D eigenvalue weighted by Crippen LogP contribution is 2.31. The van der Waals surface area contributed by atoms with Crippen molar-refractivity contribution >= 4 is 22.5 Å². The quantitative estimate of drug-likeness (QED) is 0.591. The van der Waals surface area contributed by atoms with Crippen LogP contribution in [0.25, 0.3) is 10.9 Å². The van der Waals surface area contributed by atoms with Gasteiger partial charge in [-0.25, -0.2) is 4.98 Å². The van der Waals surface area contributed by atoms with E-state index in [1.165, 1.54) is 24.3 Å². The minimum atomic E-state index is -4.68. The van der Waals surface area contributed by atoms with Gasteiger partial charge < -0.3 is 5.32 Å². The van der Waals surface area contributed by atoms with Gasteiger partial charge in [-0.15, -0.1) is 0 Å². The topological polar surface area (TPSA) is 42.0 Å². The summed E-state index contributed by atoms with van der Waals surface area (Å²) in [7, 11) is 0. The number of alkyl halides is 6. The molecule has 0 bridgehead atoms. The molecule has 3 rings (SSSR count). The SMILES string of the molecule is O=C(Nc1ccc(C(F)(F)F)cc1)c1cccc2ccc(C(F)(F)F)nc12. The number of aromatic nitrogens is 1. The predicted octanol–water partition coefficient (Wildman–Crippen LogP) is 5.52. The van der Waals surface area contributed by atoms with Gasteiger partial charge in [-0.05, 0) is 36.4 Å². The van der Waals surface area contributed by atoms with Crippen LogP contribution in [0.2, 0.25) is 0 Å². The van der Waals surface area contributed by atoms with Crippen LogP contribution in [0.1, 0.15) is 21.6 Å². The Hall–Kier alpha value is -3.10. The smallest absolute Gasteiger partial charge is 0.322 e. The third-order valence-corrected chi connectivity index (χ3v) is 3.73. The zero-order chi connectivity index (χ0) is 19.8. The number of carbonyl (C=O) groups excluding carboxylic acids is 1. The van der Waals surface area contributed by atoms with Crippen LogP contribution in [0.3, 0.4) is 0 Å². The Morgan fingerprint density at radius 2 is 1.48 bits per heavy atom. The van der Waals surface area contributed by atoms with Gasteiger partial charge in [0.05, 0.1) is 16.6 Å². The summed E-state index contributed by atoms with van der Waals surface area (Å²) in [6, 6.07) is 9.95. The van der Waals surface area contributed by atoms with E-state index in [2.05, 4.69) is 10.3 Å². The fraction of sp³-hybridized carbons (Fsp3) is 0.111. The lowest BCUT2D eigenvalue weighted by atomic mass is 10.1. The van der Waals surface area contributed by atoms with Crippen LogP contribution in [0.5, 0.6) is 0 Å². The van der Waals surface area contributed by atoms with Crippen LogP contribution in [0.15, 0.2) is 54.6 Å². The number of anilines is 1. The first-order valence-corrected chi connectivity index (χ1v) is 7.51. The monoisotopic (exact) mass is 384 g/mol. The predicted molar refractivity (Wildman–Crippen MR) is 86.1 cm³/mol. The molecule has 9 heteroatoms. The second kappa shape index (κ2) is 6.57. The zero-order valence-electron chi connectivity index (χ0n) is 13.3. The molecule has 0 aliphatic carbocycles. The van der Waals surface area contributed by atoms with Gasteiger partial charge in [0.1, 0.15) is 5.69 Å². The number of para-hydroxylation sites is 1. The summed E-state index contributed by atoms with van der Waals surface area (Å²) in [5, 5.41) is 2.68. The fourth-order valence-corrected chi connectivity index (χ4v) is 2.43. The third-order valence-electron chi connectivity index (χ3n) is 3.73. The molecule has 2 aromatic carbocycles. The van der Waals surface area contributed by atoms with Crippen molar-refractivity contribution in [3.05, 3.63) is 71.4 Å². The van der Waals surface area contributed by atoms with Crippen LogP contribution in [0, 0.1) is 0 Å². The van der Waals surface area contributed by atoms with Crippen molar-refractivity contribution in [1.29, 1.82) is 0 Å². The number of carbonyl (C=O) groups is 1. The van der Waals surface area contributed by atoms with E-state index < -0.39 is 29.5 Å². The Labute approximate surface area is 148 Å². The first-order chi connectivity index (χ1) is 12.6. The standard InChI is InChI=1S/C18H10F6N2O/c19-17(20,21)11-5-7-12(8-6-11)25-16(27)13-3-1-2-10-4-9-14(18(22,23)24)26-15(10)13/h1-9H,(H,25,27). The fourth-order valence-electron chi connectivity index (χ4n) is 2.43. The van der Waals surface area contributed by atoms with Crippen molar-refractivity contribution in [3.8, 4) is 0 Å². The normalized spacial score (nSPS) is 12.2. The second-order valence-electron chi connectivity index (χ2n) is 5.60. The van der Waals surface area contributed by atoms with E-state index in [9.17, 15) is 31.1 Å². The number of nitrogens with one attached hydrogen (secondary N) is 1. The number of fused-ring (bicyclic) bond motifs is 1. The summed E-state index contributed by atoms with van der Waals surface area (Å²) in [6.45, 7) is 0. The number of halogens is 6. The third kappa shape index (κ3) is 4.02. The highest BCUT2D eigenvalue weighted by Gasteiger charge is 2.33. The first-order valence-electron chi connectivity index (χ1n) is 7.51. The Morgan fingerprint density at radius 1 is 0.815 bits per heavy atom. The molecule has 0 aliphatic heterocycles. The summed E-state index contributed by atoms with van der Waals surface area (Å²) in [5.41, 5.74) is -2.25. The molecule has 0 aliphatic rings. The largest absolute Gasteiger partial charge is 0.433 e. The molecular formula is C18H10F6N2O. The number of amides is 1. The van der Waals surface area contributed by atoms with Gasteiger partial charge in [0.25, 0.3) is 5.91 Å². The van der Waals surface area contributed by atoms with E-state index in [4.69, 9.17) is 0 Å². The molecule has 0 atom stereocenters. The maximum Gasteiger partial charge on any atom is 0.433 e. The maximum atomic E-state index is 12.9. The van der Waals surface area contributed by atoms with Gasteiger partial charge in [0.2, 0.25) is 0 Å². The van der Waals surface area contributed by atoms with E-state index >= 15 is 0 Å². The van der Waals surface area contributed by atoms with Crippen molar-refractivity contribution in [1.82, 2.24) is 4.98 Å². The van der Waals surface area contributed by atoms with Crippen molar-refractivity contribution < 1.29 is 31.1 Å². The summed E-state index contributed by atoms with van der Waals surface area (Å²) < 4.78 is 76.3. The number of hydrogen-bond acceptors (Lipinski definition) is 2. The van der Waals surface area contributed by atoms with Gasteiger partial charge in [-0.3, -0.25) is 4.79 Å². The Bertz CT molecular complexity index is 993. The van der Waals surface area contributed by atoms with E-state index in [0.717, 1.165) is 30.3 Å². The first kappa shape index (κ1) is 18.7. The average molecular weight is 384 g/mol. The molecule has 3 nitrogen and oxygen atoms in total. The highest BCUT2D eigenvalue weighted by atomic mass is 19.4. The molecular weight excluding hydrogens is 374 g/mol. The zero-order valence-corrected chi connectivity index (χ0v) is 13.3. The lowest BCUT2D eigenvalue weighted by molar-refractivity contribution is -0.141. The molecule has 140 valence electrons. The lowest BCUT2D eigenvalue weighted by Crippen LogP contribution is -2.14. The van der Waals surface area contributed by atoms with Gasteiger partial charge in [0, 0.05) is 11.1 Å². The number of hydrogen-bond donors (Lipinski definition) is 1. The van der Waals surface area contributed by atoms with Crippen LogP contribution >= 0.6 is 0 Å². The summed E-state index contributed by atoms with van der Waals surface area (Å²) in [6.07, 6.45) is -9.19. The summed E-state index contributed by atoms with van der Waals surface area (Å²) >= 11 is 0. The minimum absolute atomic E-state index is 0.0666. The average Bonchev–Trinajstić information content (AvgIpc) is 2.59. The molecule has 0 spiro atoms. The summed E-state index contributed by atoms with van der Waals surface area (Å²) in [4.78, 5) is 15.9. The lowest BCUT2D eigenvalue weighted by Gasteiger charge is -2.11. The van der Waals surface area contributed by atoms with Gasteiger partial charge in [0.15, 0.2) is 0 Å². The molecule has 1 amide bonds. The Kier molecular flexibility index (Phi) is 4.54. The molecule has 1 N–H and O–H groups in total. The molecule has 0 radical (unpaired) electrons. The second-order valence-corrected chi connectivity index (χ2v) is 5.60. The molecule has 0 saturated carbocycles. The van der Waals surface area contributed by atoms with Crippen molar-refractivity contribution in [2.75, 3.05) is 5.32 Å². The molecule has 0 fully saturated rings. The van der Waals surface area contributed by atoms with Crippen LogP contribution in [-0.2, 0) is 12.4 Å². The van der Waals surface area contributed by atoms with Crippen molar-refractivity contribution in [3.63, 3.8) is 0 Å². The highest BCUT2D eigenvalue weighted by molar-refractivity contribution is 6.11. The number of nitrogens with zero attached hydrogens (tertiary/aromatic N) is 1. The summed E-state index contributed by atoms with van der Waals surface area (Å²) in [5.74, 6) is -0.785. The molecule has 0 saturated heterocycles. The Balaban J connectivity index is 1.93. The minimum Gasteiger partial charge on any atom is -0.322 e. The molecule has 1 aromatic heterocycles. The molecule has 0 unspecified atom stereocenters. The number of pyridine rings is 1. The van der Waals surface area contributed by atoms with Crippen LogP contribution in [-0.4, -0.2) is 10.9 Å². The maximum absolute atomic E-state index is 12.9. The molecule has 1 heterocycles.